The van der Waals surface area contributed by atoms with Gasteiger partial charge in [0.1, 0.15) is 6.61 Å². The lowest BCUT2D eigenvalue weighted by Crippen LogP contribution is -2.30. The molecule has 0 radical (unpaired) electrons. The first-order valence-corrected chi connectivity index (χ1v) is 24.8. The van der Waals surface area contributed by atoms with Crippen molar-refractivity contribution in [1.82, 2.24) is 0 Å². The summed E-state index contributed by atoms with van der Waals surface area (Å²) in [6.45, 7) is 7.68. The van der Waals surface area contributed by atoms with Crippen LogP contribution in [0.2, 0.25) is 0 Å². The van der Waals surface area contributed by atoms with Crippen molar-refractivity contribution >= 4 is 11.9 Å². The normalized spacial score (nSPS) is 12.7. The van der Waals surface area contributed by atoms with Crippen molar-refractivity contribution < 1.29 is 23.8 Å². The van der Waals surface area contributed by atoms with Gasteiger partial charge in [-0.3, -0.25) is 9.59 Å². The van der Waals surface area contributed by atoms with Gasteiger partial charge in [-0.1, -0.05) is 204 Å². The summed E-state index contributed by atoms with van der Waals surface area (Å²) < 4.78 is 17.3. The predicted molar refractivity (Wildman–Crippen MR) is 251 cm³/mol. The molecule has 0 heterocycles. The first kappa shape index (κ1) is 55.6. The Balaban J connectivity index is 4.20. The molecule has 336 valence electrons. The van der Waals surface area contributed by atoms with Gasteiger partial charge in [0.15, 0.2) is 6.10 Å². The van der Waals surface area contributed by atoms with E-state index in [1.807, 2.05) is 0 Å². The summed E-state index contributed by atoms with van der Waals surface area (Å²) in [6, 6.07) is 0. The van der Waals surface area contributed by atoms with Crippen molar-refractivity contribution in [2.75, 3.05) is 19.8 Å². The molecule has 0 N–H and O–H groups in total. The van der Waals surface area contributed by atoms with Gasteiger partial charge in [-0.05, 0) is 83.5 Å². The molecule has 0 aliphatic rings. The molecular weight excluding hydrogens is 717 g/mol. The number of allylic oxidation sites excluding steroid dienone is 10. The van der Waals surface area contributed by atoms with Gasteiger partial charge in [0.25, 0.3) is 0 Å². The fourth-order valence-corrected chi connectivity index (χ4v) is 6.85. The maximum absolute atomic E-state index is 12.7. The Morgan fingerprint density at radius 1 is 0.397 bits per heavy atom. The van der Waals surface area contributed by atoms with E-state index in [0.717, 1.165) is 89.9 Å². The maximum Gasteiger partial charge on any atom is 0.306 e. The fourth-order valence-electron chi connectivity index (χ4n) is 6.85. The molecule has 0 saturated heterocycles. The summed E-state index contributed by atoms with van der Waals surface area (Å²) in [5.41, 5.74) is 0. The first-order valence-electron chi connectivity index (χ1n) is 24.8. The minimum Gasteiger partial charge on any atom is -0.462 e. The second-order valence-electron chi connectivity index (χ2n) is 16.3. The van der Waals surface area contributed by atoms with E-state index in [9.17, 15) is 9.59 Å². The van der Waals surface area contributed by atoms with E-state index < -0.39 is 6.10 Å². The number of ether oxygens (including phenoxy) is 3. The molecule has 0 aliphatic carbocycles. The van der Waals surface area contributed by atoms with Gasteiger partial charge in [-0.2, -0.15) is 0 Å². The van der Waals surface area contributed by atoms with Crippen molar-refractivity contribution in [3.05, 3.63) is 60.8 Å². The van der Waals surface area contributed by atoms with Crippen molar-refractivity contribution in [2.45, 2.75) is 245 Å². The van der Waals surface area contributed by atoms with E-state index >= 15 is 0 Å². The van der Waals surface area contributed by atoms with Gasteiger partial charge in [0, 0.05) is 19.4 Å². The van der Waals surface area contributed by atoms with Crippen LogP contribution in [0.3, 0.4) is 0 Å². The number of hydrogen-bond acceptors (Lipinski definition) is 5. The lowest BCUT2D eigenvalue weighted by molar-refractivity contribution is -0.163. The van der Waals surface area contributed by atoms with Crippen LogP contribution in [0.25, 0.3) is 0 Å². The highest BCUT2D eigenvalue weighted by atomic mass is 16.6. The third kappa shape index (κ3) is 46.3. The number of carbonyl (C=O) groups excluding carboxylic acids is 2. The largest absolute Gasteiger partial charge is 0.462 e. The monoisotopic (exact) mass is 811 g/mol. The standard InChI is InChI=1S/C53H94O5/c1-4-7-10-13-16-19-21-23-25-26-27-28-30-31-33-35-37-40-43-46-52(54)57-50-51(49-56-48-45-42-39-18-15-12-9-6-3)58-53(55)47-44-41-38-36-34-32-29-24-22-20-17-14-11-8-5-2/h7,10,16,19,23-25,27-29,51H,4-6,8-9,11-15,17-18,20-22,26,30-50H2,1-3H3/b10-7-,19-16-,25-23-,28-27-,29-24-. The van der Waals surface area contributed by atoms with Gasteiger partial charge in [0.05, 0.1) is 6.61 Å². The van der Waals surface area contributed by atoms with E-state index in [0.29, 0.717) is 19.4 Å². The minimum atomic E-state index is -0.543. The Morgan fingerprint density at radius 3 is 1.26 bits per heavy atom. The third-order valence-electron chi connectivity index (χ3n) is 10.5. The number of unbranched alkanes of at least 4 members (excludes halogenated alkanes) is 24. The third-order valence-corrected chi connectivity index (χ3v) is 10.5. The number of rotatable bonds is 45. The predicted octanol–water partition coefficient (Wildman–Crippen LogP) is 16.6. The molecule has 1 atom stereocenters. The Morgan fingerprint density at radius 2 is 0.776 bits per heavy atom. The van der Waals surface area contributed by atoms with Crippen LogP contribution in [0, 0.1) is 0 Å². The lowest BCUT2D eigenvalue weighted by atomic mass is 10.1. The molecule has 0 fully saturated rings. The molecule has 0 bridgehead atoms. The van der Waals surface area contributed by atoms with Gasteiger partial charge >= 0.3 is 11.9 Å². The van der Waals surface area contributed by atoms with Crippen molar-refractivity contribution in [1.29, 1.82) is 0 Å². The van der Waals surface area contributed by atoms with E-state index in [1.165, 1.54) is 116 Å². The van der Waals surface area contributed by atoms with Gasteiger partial charge < -0.3 is 14.2 Å². The molecule has 5 heteroatoms. The van der Waals surface area contributed by atoms with E-state index in [-0.39, 0.29) is 25.2 Å². The van der Waals surface area contributed by atoms with E-state index in [2.05, 4.69) is 81.5 Å². The average Bonchev–Trinajstić information content (AvgIpc) is 3.22. The van der Waals surface area contributed by atoms with Crippen molar-refractivity contribution in [2.24, 2.45) is 0 Å². The molecule has 58 heavy (non-hydrogen) atoms. The Hall–Kier alpha value is -2.40. The summed E-state index contributed by atoms with van der Waals surface area (Å²) >= 11 is 0. The molecule has 0 rings (SSSR count). The van der Waals surface area contributed by atoms with Crippen LogP contribution in [0.5, 0.6) is 0 Å². The van der Waals surface area contributed by atoms with Crippen LogP contribution < -0.4 is 0 Å². The molecule has 0 spiro atoms. The molecule has 0 amide bonds. The molecule has 0 aromatic carbocycles. The van der Waals surface area contributed by atoms with Crippen molar-refractivity contribution in [3.8, 4) is 0 Å². The van der Waals surface area contributed by atoms with Crippen LogP contribution >= 0.6 is 0 Å². The van der Waals surface area contributed by atoms with Crippen LogP contribution in [-0.4, -0.2) is 37.9 Å². The molecule has 1 unspecified atom stereocenters. The SMILES string of the molecule is CC/C=C\C/C=C\C/C=C\C/C=C\CCCCCCCCC(=O)OCC(COCCCCCCCCCC)OC(=O)CCCCCCC/C=C\CCCCCCCC. The van der Waals surface area contributed by atoms with Crippen LogP contribution in [-0.2, 0) is 23.8 Å². The smallest absolute Gasteiger partial charge is 0.306 e. The maximum atomic E-state index is 12.7. The van der Waals surface area contributed by atoms with E-state index in [1.54, 1.807) is 0 Å². The highest BCUT2D eigenvalue weighted by Crippen LogP contribution is 2.13. The molecule has 0 aromatic rings. The van der Waals surface area contributed by atoms with Gasteiger partial charge in [0.2, 0.25) is 0 Å². The lowest BCUT2D eigenvalue weighted by Gasteiger charge is -2.18. The first-order chi connectivity index (χ1) is 28.6. The second-order valence-corrected chi connectivity index (χ2v) is 16.3. The number of hydrogen-bond donors (Lipinski definition) is 0. The quantitative estimate of drug-likeness (QED) is 0.0348. The Kier molecular flexibility index (Phi) is 46.9. The zero-order chi connectivity index (χ0) is 42.1. The molecule has 0 aromatic heterocycles. The van der Waals surface area contributed by atoms with Crippen molar-refractivity contribution in [3.63, 3.8) is 0 Å². The van der Waals surface area contributed by atoms with Gasteiger partial charge in [-0.15, -0.1) is 0 Å². The summed E-state index contributed by atoms with van der Waals surface area (Å²) in [4.78, 5) is 25.3. The summed E-state index contributed by atoms with van der Waals surface area (Å²) in [7, 11) is 0. The Bertz CT molecular complexity index is 1010. The van der Waals surface area contributed by atoms with E-state index in [4.69, 9.17) is 14.2 Å². The molecular formula is C53H94O5. The van der Waals surface area contributed by atoms with Crippen LogP contribution in [0.4, 0.5) is 0 Å². The summed E-state index contributed by atoms with van der Waals surface area (Å²) in [6.07, 6.45) is 60.8. The molecule has 0 saturated carbocycles. The molecule has 5 nitrogen and oxygen atoms in total. The highest BCUT2D eigenvalue weighted by Gasteiger charge is 2.17. The minimum absolute atomic E-state index is 0.0751. The molecule has 0 aliphatic heterocycles. The fraction of sp³-hybridized carbons (Fsp3) is 0.774. The summed E-state index contributed by atoms with van der Waals surface area (Å²) in [5, 5.41) is 0. The average molecular weight is 811 g/mol. The second kappa shape index (κ2) is 49.0. The number of esters is 2. The topological polar surface area (TPSA) is 61.8 Å². The van der Waals surface area contributed by atoms with Crippen LogP contribution in [0.15, 0.2) is 60.8 Å². The zero-order valence-corrected chi connectivity index (χ0v) is 38.6. The van der Waals surface area contributed by atoms with Crippen LogP contribution in [0.1, 0.15) is 239 Å². The number of carbonyl (C=O) groups is 2. The Labute approximate surface area is 360 Å². The van der Waals surface area contributed by atoms with Gasteiger partial charge in [-0.25, -0.2) is 0 Å². The highest BCUT2D eigenvalue weighted by molar-refractivity contribution is 5.70. The summed E-state index contributed by atoms with van der Waals surface area (Å²) in [5.74, 6) is -0.419. The zero-order valence-electron chi connectivity index (χ0n) is 38.6.